The summed E-state index contributed by atoms with van der Waals surface area (Å²) in [4.78, 5) is 0. The normalized spacial score (nSPS) is 13.0. The Bertz CT molecular complexity index is 1910. The zero-order chi connectivity index (χ0) is 54.3. The van der Waals surface area contributed by atoms with E-state index in [1.54, 1.807) is 0 Å². The Morgan fingerprint density at radius 2 is 0.652 bits per heavy atom. The van der Waals surface area contributed by atoms with Gasteiger partial charge in [-0.25, -0.2) is 0 Å². The highest BCUT2D eigenvalue weighted by Crippen LogP contribution is 2.26. The molecule has 0 N–H and O–H groups in total. The highest BCUT2D eigenvalue weighted by atomic mass is 14.2. The Balaban J connectivity index is 0. The van der Waals surface area contributed by atoms with Gasteiger partial charge < -0.3 is 0 Å². The van der Waals surface area contributed by atoms with E-state index in [-0.39, 0.29) is 16.2 Å². The molecule has 0 radical (unpaired) electrons. The predicted octanol–water partition coefficient (Wildman–Crippen LogP) is 22.3. The molecule has 6 rings (SSSR count). The summed E-state index contributed by atoms with van der Waals surface area (Å²) >= 11 is 0. The van der Waals surface area contributed by atoms with Crippen molar-refractivity contribution in [3.05, 3.63) is 160 Å². The summed E-state index contributed by atoms with van der Waals surface area (Å²) in [5, 5.41) is 0. The summed E-state index contributed by atoms with van der Waals surface area (Å²) in [7, 11) is 0. The molecule has 2 aliphatic carbocycles. The van der Waals surface area contributed by atoms with E-state index in [1.165, 1.54) is 44.5 Å². The van der Waals surface area contributed by atoms with Crippen molar-refractivity contribution in [3.63, 3.8) is 0 Å². The van der Waals surface area contributed by atoms with Crippen LogP contribution in [0, 0.1) is 32.5 Å². The van der Waals surface area contributed by atoms with Crippen molar-refractivity contribution in [2.24, 2.45) is 32.5 Å². The Hall–Kier alpha value is -3.90. The molecule has 69 heavy (non-hydrogen) atoms. The molecule has 0 heteroatoms. The monoisotopic (exact) mass is 941 g/mol. The molecule has 0 aliphatic heterocycles. The van der Waals surface area contributed by atoms with E-state index in [0.29, 0.717) is 27.1 Å². The molecule has 4 aromatic carbocycles. The molecule has 4 aromatic rings. The average Bonchev–Trinajstić information content (AvgIpc) is 3.81. The van der Waals surface area contributed by atoms with Gasteiger partial charge in [0.25, 0.3) is 0 Å². The van der Waals surface area contributed by atoms with Crippen LogP contribution in [0.5, 0.6) is 0 Å². The maximum absolute atomic E-state index is 2.28. The van der Waals surface area contributed by atoms with Crippen LogP contribution in [0.2, 0.25) is 0 Å². The molecule has 0 bridgehead atoms. The molecule has 0 amide bonds. The fourth-order valence-corrected chi connectivity index (χ4v) is 5.57. The van der Waals surface area contributed by atoms with Crippen molar-refractivity contribution in [1.29, 1.82) is 0 Å². The summed E-state index contributed by atoms with van der Waals surface area (Å²) < 4.78 is 0. The van der Waals surface area contributed by atoms with Crippen molar-refractivity contribution in [2.75, 3.05) is 0 Å². The lowest BCUT2D eigenvalue weighted by Crippen LogP contribution is -2.12. The van der Waals surface area contributed by atoms with Crippen molar-refractivity contribution in [1.82, 2.24) is 0 Å². The molecule has 0 fully saturated rings. The van der Waals surface area contributed by atoms with Crippen LogP contribution < -0.4 is 0 Å². The molecule has 0 heterocycles. The van der Waals surface area contributed by atoms with Crippen LogP contribution in [0.15, 0.2) is 115 Å². The average molecular weight is 942 g/mol. The lowest BCUT2D eigenvalue weighted by Gasteiger charge is -2.21. The van der Waals surface area contributed by atoms with Crippen LogP contribution in [-0.2, 0) is 30.1 Å². The Morgan fingerprint density at radius 1 is 0.362 bits per heavy atom. The molecule has 0 unspecified atom stereocenters. The lowest BCUT2D eigenvalue weighted by molar-refractivity contribution is 0.411. The summed E-state index contributed by atoms with van der Waals surface area (Å²) in [5.74, 6) is 0. The first-order chi connectivity index (χ1) is 30.8. The summed E-state index contributed by atoms with van der Waals surface area (Å²) in [5.41, 5.74) is 14.3. The van der Waals surface area contributed by atoms with E-state index in [1.807, 2.05) is 0 Å². The highest BCUT2D eigenvalue weighted by Gasteiger charge is 2.15. The third-order valence-corrected chi connectivity index (χ3v) is 8.49. The van der Waals surface area contributed by atoms with Crippen molar-refractivity contribution < 1.29 is 0 Å². The van der Waals surface area contributed by atoms with Gasteiger partial charge in [-0.05, 0) is 107 Å². The highest BCUT2D eigenvalue weighted by molar-refractivity contribution is 5.60. The van der Waals surface area contributed by atoms with Gasteiger partial charge in [0.1, 0.15) is 0 Å². The van der Waals surface area contributed by atoms with E-state index in [2.05, 4.69) is 327 Å². The Labute approximate surface area is 432 Å². The number of hydrogen-bond acceptors (Lipinski definition) is 0. The Morgan fingerprint density at radius 3 is 0.913 bits per heavy atom. The largest absolute Gasteiger partial charge is 0.0795 e. The fourth-order valence-electron chi connectivity index (χ4n) is 5.57. The zero-order valence-electron chi connectivity index (χ0n) is 50.8. The van der Waals surface area contributed by atoms with Crippen LogP contribution in [0.4, 0.5) is 0 Å². The molecule has 2 aliphatic rings. The molecule has 388 valence electrons. The SMILES string of the molecule is C1=Cc2ccccc2C1.C1=Cc2ccccc2C1.CC(C)(C)/C=C/c1ccc(C(C)(C)C)cc1.CC(C)(C)C.CC(C)(C)C.CC(C)(C)C.CC(C)(C)C.CC(C)(C)Cc1ccc(C(C)(C)C)cc1. The van der Waals surface area contributed by atoms with Gasteiger partial charge in [-0.3, -0.25) is 0 Å². The van der Waals surface area contributed by atoms with Crippen molar-refractivity contribution >= 4 is 18.2 Å². The topological polar surface area (TPSA) is 0 Å². The van der Waals surface area contributed by atoms with Gasteiger partial charge in [0.2, 0.25) is 0 Å². The minimum absolute atomic E-state index is 0.242. The predicted molar refractivity (Wildman–Crippen MR) is 321 cm³/mol. The maximum Gasteiger partial charge on any atom is -0.00882 e. The second kappa shape index (κ2) is 29.4. The fraction of sp³-hybridized carbons (Fsp3) is 0.565. The first kappa shape index (κ1) is 67.2. The summed E-state index contributed by atoms with van der Waals surface area (Å²) in [6.45, 7) is 62.0. The van der Waals surface area contributed by atoms with Crippen molar-refractivity contribution in [2.45, 2.75) is 224 Å². The summed E-state index contributed by atoms with van der Waals surface area (Å²) in [6, 6.07) is 34.9. The molecule has 0 atom stereocenters. The molecule has 0 saturated heterocycles. The number of hydrogen-bond donors (Lipinski definition) is 0. The van der Waals surface area contributed by atoms with Crippen LogP contribution >= 0.6 is 0 Å². The minimum atomic E-state index is 0.242. The van der Waals surface area contributed by atoms with Crippen molar-refractivity contribution in [3.8, 4) is 0 Å². The first-order valence-corrected chi connectivity index (χ1v) is 26.2. The molecule has 0 aromatic heterocycles. The molecular weight excluding hydrogens is 829 g/mol. The van der Waals surface area contributed by atoms with Gasteiger partial charge >= 0.3 is 0 Å². The number of rotatable bonds is 2. The zero-order valence-corrected chi connectivity index (χ0v) is 50.8. The second-order valence-corrected chi connectivity index (χ2v) is 29.9. The van der Waals surface area contributed by atoms with Gasteiger partial charge in [-0.1, -0.05) is 327 Å². The van der Waals surface area contributed by atoms with E-state index >= 15 is 0 Å². The Kier molecular flexibility index (Phi) is 28.7. The number of allylic oxidation sites excluding steroid dienone is 3. The second-order valence-electron chi connectivity index (χ2n) is 29.9. The standard InChI is InChI=1S/C16H24.C15H24.2C9H8.4C5H12/c1-15(2,3)12-11-13-7-9-14(10-8-13)16(4,5)6;1-14(2,3)11-12-7-9-13(10-8-12)15(4,5)6;2*1-2-5-9-7-3-6-8(9)4-1;4*1-5(2,3)4/h7-12H,1-6H3;7-10H,11H2,1-6H3;2*1-6H,7H2;4*1-4H3/b12-11+;;;;;;;. The third-order valence-electron chi connectivity index (χ3n) is 8.49. The van der Waals surface area contributed by atoms with Crippen LogP contribution in [0.3, 0.4) is 0 Å². The van der Waals surface area contributed by atoms with E-state index < -0.39 is 0 Å². The smallest absolute Gasteiger partial charge is 0.00882 e. The van der Waals surface area contributed by atoms with E-state index in [9.17, 15) is 0 Å². The molecule has 0 saturated carbocycles. The number of fused-ring (bicyclic) bond motifs is 2. The minimum Gasteiger partial charge on any atom is -0.0795 e. The maximum atomic E-state index is 2.28. The summed E-state index contributed by atoms with van der Waals surface area (Å²) in [6.07, 6.45) is 16.6. The van der Waals surface area contributed by atoms with Gasteiger partial charge in [0.15, 0.2) is 0 Å². The van der Waals surface area contributed by atoms with Gasteiger partial charge in [-0.15, -0.1) is 0 Å². The molecule has 0 spiro atoms. The quantitative estimate of drug-likeness (QED) is 0.188. The number of benzene rings is 4. The van der Waals surface area contributed by atoms with Crippen LogP contribution in [0.1, 0.15) is 238 Å². The van der Waals surface area contributed by atoms with Gasteiger partial charge in [0, 0.05) is 0 Å². The van der Waals surface area contributed by atoms with E-state index in [4.69, 9.17) is 0 Å². The van der Waals surface area contributed by atoms with Crippen LogP contribution in [0.25, 0.3) is 18.2 Å². The van der Waals surface area contributed by atoms with Gasteiger partial charge in [-0.2, -0.15) is 0 Å². The van der Waals surface area contributed by atoms with E-state index in [0.717, 1.165) is 19.3 Å². The van der Waals surface area contributed by atoms with Crippen LogP contribution in [-0.4, -0.2) is 0 Å². The van der Waals surface area contributed by atoms with Gasteiger partial charge in [0.05, 0.1) is 0 Å². The first-order valence-electron chi connectivity index (χ1n) is 26.2. The molecular formula is C69H112. The molecule has 0 nitrogen and oxygen atoms in total. The lowest BCUT2D eigenvalue weighted by atomic mass is 9.84. The third kappa shape index (κ3) is 46.3.